The van der Waals surface area contributed by atoms with E-state index in [9.17, 15) is 13.6 Å². The molecule has 0 atom stereocenters. The van der Waals surface area contributed by atoms with E-state index in [1.54, 1.807) is 6.92 Å². The molecule has 2 N–H and O–H groups in total. The number of carbonyl (C=O) groups is 1. The molecule has 1 aromatic heterocycles. The molecule has 2 aromatic rings. The van der Waals surface area contributed by atoms with Crippen molar-refractivity contribution in [3.05, 3.63) is 47.0 Å². The Bertz CT molecular complexity index is 582. The third-order valence-electron chi connectivity index (χ3n) is 2.25. The number of aromatic amines is 1. The Morgan fingerprint density at radius 2 is 2.22 bits per heavy atom. The fourth-order valence-corrected chi connectivity index (χ4v) is 1.36. The summed E-state index contributed by atoms with van der Waals surface area (Å²) in [6, 6.07) is 3.16. The molecule has 1 amide bonds. The van der Waals surface area contributed by atoms with Crippen LogP contribution < -0.4 is 5.32 Å². The number of hydrogen-bond donors (Lipinski definition) is 2. The average molecular weight is 252 g/mol. The number of hydrogen-bond acceptors (Lipinski definition) is 3. The summed E-state index contributed by atoms with van der Waals surface area (Å²) in [5, 5.41) is 8.63. The van der Waals surface area contributed by atoms with Gasteiger partial charge in [0.2, 0.25) is 5.82 Å². The number of benzene rings is 1. The van der Waals surface area contributed by atoms with Gasteiger partial charge in [0.15, 0.2) is 0 Å². The van der Waals surface area contributed by atoms with E-state index < -0.39 is 17.5 Å². The molecule has 2 rings (SSSR count). The summed E-state index contributed by atoms with van der Waals surface area (Å²) in [6.07, 6.45) is 0. The van der Waals surface area contributed by atoms with Gasteiger partial charge >= 0.3 is 0 Å². The lowest BCUT2D eigenvalue weighted by molar-refractivity contribution is 0.0940. The van der Waals surface area contributed by atoms with Crippen LogP contribution in [0.15, 0.2) is 18.2 Å². The fourth-order valence-electron chi connectivity index (χ4n) is 1.36. The number of H-pyrrole nitrogens is 1. The minimum atomic E-state index is -0.707. The van der Waals surface area contributed by atoms with Crippen LogP contribution in [0.5, 0.6) is 0 Å². The first-order valence-corrected chi connectivity index (χ1v) is 5.17. The minimum Gasteiger partial charge on any atom is -0.345 e. The maximum atomic E-state index is 13.3. The molecule has 1 heterocycles. The number of rotatable bonds is 3. The second kappa shape index (κ2) is 4.91. The second-order valence-electron chi connectivity index (χ2n) is 3.66. The van der Waals surface area contributed by atoms with Gasteiger partial charge in [0, 0.05) is 18.2 Å². The van der Waals surface area contributed by atoms with Crippen molar-refractivity contribution in [1.82, 2.24) is 20.5 Å². The summed E-state index contributed by atoms with van der Waals surface area (Å²) in [6.45, 7) is 1.60. The smallest absolute Gasteiger partial charge is 0.291 e. The van der Waals surface area contributed by atoms with Gasteiger partial charge in [-0.05, 0) is 13.0 Å². The number of nitrogens with one attached hydrogen (secondary N) is 2. The zero-order valence-electron chi connectivity index (χ0n) is 9.50. The van der Waals surface area contributed by atoms with Crippen LogP contribution in [0.1, 0.15) is 22.0 Å². The Hall–Kier alpha value is -2.31. The molecule has 0 aliphatic carbocycles. The lowest BCUT2D eigenvalue weighted by Crippen LogP contribution is -2.24. The number of halogens is 2. The normalized spacial score (nSPS) is 10.4. The minimum absolute atomic E-state index is 0.0185. The molecule has 0 aliphatic rings. The first-order valence-electron chi connectivity index (χ1n) is 5.17. The van der Waals surface area contributed by atoms with Crippen molar-refractivity contribution < 1.29 is 13.6 Å². The monoisotopic (exact) mass is 252 g/mol. The second-order valence-corrected chi connectivity index (χ2v) is 3.66. The zero-order valence-corrected chi connectivity index (χ0v) is 9.50. The third kappa shape index (κ3) is 2.68. The summed E-state index contributed by atoms with van der Waals surface area (Å²) in [7, 11) is 0. The van der Waals surface area contributed by atoms with Crippen LogP contribution in [0, 0.1) is 18.6 Å². The Morgan fingerprint density at radius 1 is 1.44 bits per heavy atom. The van der Waals surface area contributed by atoms with Gasteiger partial charge in [-0.1, -0.05) is 6.07 Å². The molecule has 94 valence electrons. The molecule has 0 bridgehead atoms. The van der Waals surface area contributed by atoms with Gasteiger partial charge in [-0.15, -0.1) is 5.10 Å². The van der Waals surface area contributed by atoms with Gasteiger partial charge in [-0.25, -0.2) is 13.8 Å². The van der Waals surface area contributed by atoms with Crippen molar-refractivity contribution in [3.63, 3.8) is 0 Å². The summed E-state index contributed by atoms with van der Waals surface area (Å²) in [5.74, 6) is -1.40. The molecule has 0 unspecified atom stereocenters. The molecule has 1 aromatic carbocycles. The molecule has 7 heteroatoms. The molecule has 0 saturated carbocycles. The molecule has 18 heavy (non-hydrogen) atoms. The first kappa shape index (κ1) is 12.2. The van der Waals surface area contributed by atoms with Gasteiger partial charge in [-0.2, -0.15) is 0 Å². The number of aromatic nitrogens is 3. The molecular weight excluding hydrogens is 242 g/mol. The highest BCUT2D eigenvalue weighted by atomic mass is 19.1. The van der Waals surface area contributed by atoms with Crippen LogP contribution in [-0.2, 0) is 6.54 Å². The van der Waals surface area contributed by atoms with Crippen molar-refractivity contribution >= 4 is 5.91 Å². The molecule has 0 radical (unpaired) electrons. The van der Waals surface area contributed by atoms with Crippen LogP contribution in [0.3, 0.4) is 0 Å². The molecular formula is C11H10F2N4O. The van der Waals surface area contributed by atoms with Crippen LogP contribution in [0.25, 0.3) is 0 Å². The van der Waals surface area contributed by atoms with Crippen molar-refractivity contribution in [2.24, 2.45) is 0 Å². The zero-order chi connectivity index (χ0) is 13.1. The Kier molecular flexibility index (Phi) is 3.31. The maximum Gasteiger partial charge on any atom is 0.291 e. The number of aryl methyl sites for hydroxylation is 1. The quantitative estimate of drug-likeness (QED) is 0.865. The maximum absolute atomic E-state index is 13.3. The average Bonchev–Trinajstić information content (AvgIpc) is 2.74. The summed E-state index contributed by atoms with van der Waals surface area (Å²) in [5.41, 5.74) is 0.192. The van der Waals surface area contributed by atoms with Crippen molar-refractivity contribution in [2.45, 2.75) is 13.5 Å². The lowest BCUT2D eigenvalue weighted by Gasteiger charge is -2.04. The summed E-state index contributed by atoms with van der Waals surface area (Å²) < 4.78 is 25.9. The van der Waals surface area contributed by atoms with E-state index in [0.29, 0.717) is 5.82 Å². The molecule has 0 saturated heterocycles. The highest BCUT2D eigenvalue weighted by Gasteiger charge is 2.11. The van der Waals surface area contributed by atoms with E-state index in [1.807, 2.05) is 0 Å². The first-order chi connectivity index (χ1) is 8.56. The van der Waals surface area contributed by atoms with Gasteiger partial charge < -0.3 is 5.32 Å². The van der Waals surface area contributed by atoms with E-state index in [0.717, 1.165) is 12.1 Å². The highest BCUT2D eigenvalue weighted by molar-refractivity contribution is 5.90. The van der Waals surface area contributed by atoms with Crippen molar-refractivity contribution in [1.29, 1.82) is 0 Å². The standard InChI is InChI=1S/C11H10F2N4O/c1-6-15-10(17-16-6)11(18)14-5-7-2-3-8(12)4-9(7)13/h2-4H,5H2,1H3,(H,14,18)(H,15,16,17). The Labute approximate surface area is 101 Å². The molecule has 0 aliphatic heterocycles. The largest absolute Gasteiger partial charge is 0.345 e. The van der Waals surface area contributed by atoms with Gasteiger partial charge in [0.05, 0.1) is 0 Å². The molecule has 0 fully saturated rings. The van der Waals surface area contributed by atoms with Crippen LogP contribution in [-0.4, -0.2) is 21.1 Å². The predicted molar refractivity (Wildman–Crippen MR) is 58.6 cm³/mol. The van der Waals surface area contributed by atoms with Gasteiger partial charge in [0.25, 0.3) is 5.91 Å². The van der Waals surface area contributed by atoms with Gasteiger partial charge in [-0.3, -0.25) is 9.89 Å². The van der Waals surface area contributed by atoms with Crippen molar-refractivity contribution in [3.8, 4) is 0 Å². The Morgan fingerprint density at radius 3 is 2.83 bits per heavy atom. The summed E-state index contributed by atoms with van der Waals surface area (Å²) in [4.78, 5) is 15.4. The van der Waals surface area contributed by atoms with E-state index >= 15 is 0 Å². The highest BCUT2D eigenvalue weighted by Crippen LogP contribution is 2.09. The van der Waals surface area contributed by atoms with E-state index in [1.165, 1.54) is 6.07 Å². The fraction of sp³-hybridized carbons (Fsp3) is 0.182. The van der Waals surface area contributed by atoms with E-state index in [2.05, 4.69) is 20.5 Å². The lowest BCUT2D eigenvalue weighted by atomic mass is 10.2. The number of nitrogens with zero attached hydrogens (tertiary/aromatic N) is 2. The van der Waals surface area contributed by atoms with Crippen molar-refractivity contribution in [2.75, 3.05) is 0 Å². The molecule has 0 spiro atoms. The third-order valence-corrected chi connectivity index (χ3v) is 2.25. The van der Waals surface area contributed by atoms with Crippen LogP contribution in [0.4, 0.5) is 8.78 Å². The predicted octanol–water partition coefficient (Wildman–Crippen LogP) is 1.32. The van der Waals surface area contributed by atoms with Gasteiger partial charge in [0.1, 0.15) is 17.5 Å². The van der Waals surface area contributed by atoms with E-state index in [4.69, 9.17) is 0 Å². The van der Waals surface area contributed by atoms with Crippen LogP contribution >= 0.6 is 0 Å². The SMILES string of the molecule is Cc1nc(C(=O)NCc2ccc(F)cc2F)n[nH]1. The molecule has 5 nitrogen and oxygen atoms in total. The number of amides is 1. The topological polar surface area (TPSA) is 70.7 Å². The van der Waals surface area contributed by atoms with Crippen LogP contribution in [0.2, 0.25) is 0 Å². The summed E-state index contributed by atoms with van der Waals surface area (Å²) >= 11 is 0. The Balaban J connectivity index is 2.01. The number of carbonyl (C=O) groups excluding carboxylic acids is 1. The van der Waals surface area contributed by atoms with E-state index in [-0.39, 0.29) is 17.9 Å².